The number of benzene rings is 1. The molecule has 6 heteroatoms. The van der Waals surface area contributed by atoms with Gasteiger partial charge in [-0.25, -0.2) is 13.1 Å². The molecule has 0 aromatic heterocycles. The Kier molecular flexibility index (Phi) is 5.82. The van der Waals surface area contributed by atoms with E-state index in [4.69, 9.17) is 0 Å². The fourth-order valence-electron chi connectivity index (χ4n) is 2.77. The minimum Gasteiger partial charge on any atom is -0.392 e. The second kappa shape index (κ2) is 7.22. The first kappa shape index (κ1) is 16.9. The van der Waals surface area contributed by atoms with Crippen LogP contribution in [0.4, 0.5) is 0 Å². The molecule has 2 N–H and O–H groups in total. The molecule has 0 radical (unpaired) electrons. The van der Waals surface area contributed by atoms with Gasteiger partial charge in [0.05, 0.1) is 11.5 Å². The Morgan fingerprint density at radius 2 is 1.95 bits per heavy atom. The Labute approximate surface area is 135 Å². The van der Waals surface area contributed by atoms with Crippen LogP contribution in [0.3, 0.4) is 0 Å². The number of aliphatic hydroxyl groups is 1. The highest BCUT2D eigenvalue weighted by atomic mass is 79.9. The normalized spacial score (nSPS) is 17.1. The summed E-state index contributed by atoms with van der Waals surface area (Å²) >= 11 is 3.35. The molecule has 21 heavy (non-hydrogen) atoms. The van der Waals surface area contributed by atoms with Crippen LogP contribution in [0.25, 0.3) is 0 Å². The topological polar surface area (TPSA) is 66.4 Å². The minimum atomic E-state index is -3.54. The molecule has 0 unspecified atom stereocenters. The monoisotopic (exact) mass is 375 g/mol. The molecule has 0 saturated heterocycles. The van der Waals surface area contributed by atoms with Crippen LogP contribution < -0.4 is 4.72 Å². The molecule has 0 atom stereocenters. The highest BCUT2D eigenvalue weighted by Gasteiger charge is 2.21. The zero-order valence-corrected chi connectivity index (χ0v) is 14.6. The van der Waals surface area contributed by atoms with E-state index in [0.717, 1.165) is 12.8 Å². The van der Waals surface area contributed by atoms with Crippen molar-refractivity contribution in [2.24, 2.45) is 5.92 Å². The van der Waals surface area contributed by atoms with Crippen molar-refractivity contribution in [3.05, 3.63) is 27.7 Å². The first-order valence-corrected chi connectivity index (χ1v) is 9.61. The van der Waals surface area contributed by atoms with Crippen LogP contribution >= 0.6 is 15.9 Å². The lowest BCUT2D eigenvalue weighted by atomic mass is 9.90. The molecule has 1 saturated carbocycles. The summed E-state index contributed by atoms with van der Waals surface area (Å²) in [5.74, 6) is 0.443. The molecule has 1 aromatic rings. The summed E-state index contributed by atoms with van der Waals surface area (Å²) in [7, 11) is -3.54. The molecule has 1 fully saturated rings. The number of hydrogen-bond acceptors (Lipinski definition) is 3. The predicted molar refractivity (Wildman–Crippen MR) is 86.6 cm³/mol. The molecular weight excluding hydrogens is 354 g/mol. The van der Waals surface area contributed by atoms with Crippen molar-refractivity contribution in [1.29, 1.82) is 0 Å². The van der Waals surface area contributed by atoms with Crippen molar-refractivity contribution in [1.82, 2.24) is 4.72 Å². The van der Waals surface area contributed by atoms with Gasteiger partial charge in [-0.1, -0.05) is 35.2 Å². The van der Waals surface area contributed by atoms with Gasteiger partial charge in [-0.15, -0.1) is 0 Å². The van der Waals surface area contributed by atoms with E-state index in [-0.39, 0.29) is 11.5 Å². The maximum atomic E-state index is 12.5. The second-order valence-electron chi connectivity index (χ2n) is 5.71. The first-order valence-electron chi connectivity index (χ1n) is 7.33. The molecule has 1 aliphatic rings. The number of nitrogens with one attached hydrogen (secondary N) is 1. The van der Waals surface area contributed by atoms with Crippen LogP contribution in [-0.4, -0.2) is 20.1 Å². The van der Waals surface area contributed by atoms with Gasteiger partial charge in [0.25, 0.3) is 0 Å². The van der Waals surface area contributed by atoms with E-state index >= 15 is 0 Å². The molecule has 1 aliphatic carbocycles. The van der Waals surface area contributed by atoms with Crippen molar-refractivity contribution in [2.75, 3.05) is 6.54 Å². The molecule has 118 valence electrons. The smallest absolute Gasteiger partial charge is 0.240 e. The standard InChI is InChI=1S/C15H22BrNO3S/c1-11-14(16)7-13(10-18)8-15(11)21(19,20)17-9-12-5-3-2-4-6-12/h7-8,12,17-18H,2-6,9-10H2,1H3. The van der Waals surface area contributed by atoms with Gasteiger partial charge in [0, 0.05) is 11.0 Å². The average molecular weight is 376 g/mol. The Balaban J connectivity index is 2.16. The van der Waals surface area contributed by atoms with Crippen molar-refractivity contribution in [3.63, 3.8) is 0 Å². The van der Waals surface area contributed by atoms with Crippen molar-refractivity contribution >= 4 is 26.0 Å². The zero-order chi connectivity index (χ0) is 15.5. The van der Waals surface area contributed by atoms with Crippen molar-refractivity contribution < 1.29 is 13.5 Å². The van der Waals surface area contributed by atoms with Gasteiger partial charge in [-0.05, 0) is 48.9 Å². The summed E-state index contributed by atoms with van der Waals surface area (Å²) in [4.78, 5) is 0.247. The summed E-state index contributed by atoms with van der Waals surface area (Å²) in [5, 5.41) is 9.24. The Morgan fingerprint density at radius 1 is 1.29 bits per heavy atom. The Bertz CT molecular complexity index is 595. The van der Waals surface area contributed by atoms with E-state index in [1.807, 2.05) is 0 Å². The molecule has 0 amide bonds. The summed E-state index contributed by atoms with van der Waals surface area (Å²) in [6.07, 6.45) is 5.84. The summed E-state index contributed by atoms with van der Waals surface area (Å²) in [5.41, 5.74) is 1.26. The number of sulfonamides is 1. The molecular formula is C15H22BrNO3S. The Hall–Kier alpha value is -0.430. The molecule has 0 aliphatic heterocycles. The number of rotatable bonds is 5. The quantitative estimate of drug-likeness (QED) is 0.830. The lowest BCUT2D eigenvalue weighted by molar-refractivity contribution is 0.281. The Morgan fingerprint density at radius 3 is 2.57 bits per heavy atom. The van der Waals surface area contributed by atoms with Gasteiger partial charge in [-0.3, -0.25) is 0 Å². The fourth-order valence-corrected chi connectivity index (χ4v) is 4.84. The second-order valence-corrected chi connectivity index (χ2v) is 8.30. The van der Waals surface area contributed by atoms with Gasteiger partial charge in [0.1, 0.15) is 0 Å². The van der Waals surface area contributed by atoms with Gasteiger partial charge in [0.15, 0.2) is 0 Å². The van der Waals surface area contributed by atoms with Gasteiger partial charge < -0.3 is 5.11 Å². The highest BCUT2D eigenvalue weighted by Crippen LogP contribution is 2.27. The molecule has 0 spiro atoms. The number of aliphatic hydroxyl groups excluding tert-OH is 1. The van der Waals surface area contributed by atoms with Gasteiger partial charge >= 0.3 is 0 Å². The van der Waals surface area contributed by atoms with Crippen LogP contribution in [-0.2, 0) is 16.6 Å². The van der Waals surface area contributed by atoms with Crippen LogP contribution in [0, 0.1) is 12.8 Å². The zero-order valence-electron chi connectivity index (χ0n) is 12.2. The first-order chi connectivity index (χ1) is 9.94. The average Bonchev–Trinajstić information content (AvgIpc) is 2.48. The SMILES string of the molecule is Cc1c(Br)cc(CO)cc1S(=O)(=O)NCC1CCCCC1. The van der Waals surface area contributed by atoms with Crippen LogP contribution in [0.1, 0.15) is 43.2 Å². The maximum absolute atomic E-state index is 12.5. The van der Waals surface area contributed by atoms with E-state index in [1.54, 1.807) is 19.1 Å². The molecule has 0 bridgehead atoms. The van der Waals surface area contributed by atoms with Gasteiger partial charge in [0.2, 0.25) is 10.0 Å². The van der Waals surface area contributed by atoms with Crippen molar-refractivity contribution in [3.8, 4) is 0 Å². The summed E-state index contributed by atoms with van der Waals surface area (Å²) < 4.78 is 28.4. The molecule has 2 rings (SSSR count). The third-order valence-electron chi connectivity index (χ3n) is 4.12. The lowest BCUT2D eigenvalue weighted by Crippen LogP contribution is -2.31. The summed E-state index contributed by atoms with van der Waals surface area (Å²) in [6.45, 7) is 2.09. The largest absolute Gasteiger partial charge is 0.392 e. The lowest BCUT2D eigenvalue weighted by Gasteiger charge is -2.22. The summed E-state index contributed by atoms with van der Waals surface area (Å²) in [6, 6.07) is 3.29. The highest BCUT2D eigenvalue weighted by molar-refractivity contribution is 9.10. The number of hydrogen-bond donors (Lipinski definition) is 2. The molecule has 0 heterocycles. The van der Waals surface area contributed by atoms with Crippen molar-refractivity contribution in [2.45, 2.75) is 50.5 Å². The van der Waals surface area contributed by atoms with Gasteiger partial charge in [-0.2, -0.15) is 0 Å². The molecule has 4 nitrogen and oxygen atoms in total. The number of halogens is 1. The fraction of sp³-hybridized carbons (Fsp3) is 0.600. The van der Waals surface area contributed by atoms with Crippen LogP contribution in [0.2, 0.25) is 0 Å². The predicted octanol–water partition coefficient (Wildman–Crippen LogP) is 3.11. The third kappa shape index (κ3) is 4.28. The minimum absolute atomic E-state index is 0.177. The van der Waals surface area contributed by atoms with E-state index in [0.29, 0.717) is 28.1 Å². The van der Waals surface area contributed by atoms with E-state index in [1.165, 1.54) is 19.3 Å². The van der Waals surface area contributed by atoms with Crippen LogP contribution in [0.5, 0.6) is 0 Å². The van der Waals surface area contributed by atoms with E-state index in [2.05, 4.69) is 20.7 Å². The van der Waals surface area contributed by atoms with E-state index < -0.39 is 10.0 Å². The maximum Gasteiger partial charge on any atom is 0.240 e. The molecule has 1 aromatic carbocycles. The third-order valence-corrected chi connectivity index (χ3v) is 6.49. The van der Waals surface area contributed by atoms with Crippen LogP contribution in [0.15, 0.2) is 21.5 Å². The van der Waals surface area contributed by atoms with E-state index in [9.17, 15) is 13.5 Å².